The molecule has 0 aliphatic heterocycles. The molecule has 0 aromatic heterocycles. The van der Waals surface area contributed by atoms with Crippen LogP contribution in [-0.2, 0) is 0 Å². The minimum Gasteiger partial charge on any atom is -0.378 e. The van der Waals surface area contributed by atoms with E-state index in [1.165, 1.54) is 21.3 Å². The van der Waals surface area contributed by atoms with E-state index in [4.69, 9.17) is 0 Å². The van der Waals surface area contributed by atoms with Gasteiger partial charge in [-0.15, -0.1) is 0 Å². The summed E-state index contributed by atoms with van der Waals surface area (Å²) in [5.74, 6) is -0.198. The Balaban J connectivity index is 2.15. The third-order valence-electron chi connectivity index (χ3n) is 2.93. The molecule has 3 heteroatoms. The van der Waals surface area contributed by atoms with Crippen LogP contribution in [0.25, 0.3) is 0 Å². The minimum absolute atomic E-state index is 0.157. The molecule has 1 atom stereocenters. The fourth-order valence-corrected chi connectivity index (χ4v) is 2.50. The molecule has 0 fully saturated rings. The maximum absolute atomic E-state index is 12.9. The van der Waals surface area contributed by atoms with Gasteiger partial charge in [-0.05, 0) is 77.9 Å². The van der Waals surface area contributed by atoms with Gasteiger partial charge in [-0.2, -0.15) is 0 Å². The second kappa shape index (κ2) is 5.69. The van der Waals surface area contributed by atoms with Crippen molar-refractivity contribution in [3.05, 3.63) is 63.0 Å². The van der Waals surface area contributed by atoms with E-state index in [2.05, 4.69) is 60.0 Å². The quantitative estimate of drug-likeness (QED) is 0.772. The monoisotopic (exact) mass is 355 g/mol. The zero-order valence-electron chi connectivity index (χ0n) is 10.4. The van der Waals surface area contributed by atoms with E-state index in [0.717, 1.165) is 11.3 Å². The van der Waals surface area contributed by atoms with E-state index < -0.39 is 0 Å². The molecule has 0 saturated heterocycles. The number of benzene rings is 2. The average Bonchev–Trinajstić information content (AvgIpc) is 2.33. The molecule has 0 bridgehead atoms. The van der Waals surface area contributed by atoms with Crippen LogP contribution in [0.2, 0.25) is 0 Å². The number of halogens is 2. The van der Waals surface area contributed by atoms with E-state index in [9.17, 15) is 4.39 Å². The lowest BCUT2D eigenvalue weighted by atomic mass is 10.1. The molecule has 2 aromatic carbocycles. The van der Waals surface area contributed by atoms with Crippen LogP contribution >= 0.6 is 22.6 Å². The third kappa shape index (κ3) is 3.22. The van der Waals surface area contributed by atoms with E-state index in [1.54, 1.807) is 0 Å². The molecule has 1 unspecified atom stereocenters. The summed E-state index contributed by atoms with van der Waals surface area (Å²) in [5, 5.41) is 3.45. The molecule has 0 aliphatic rings. The molecule has 94 valence electrons. The zero-order chi connectivity index (χ0) is 13.1. The smallest absolute Gasteiger partial charge is 0.123 e. The standard InChI is InChI=1S/C15H15FIN/c1-10-9-14(17)7-8-15(10)18-11(2)12-3-5-13(16)6-4-12/h3-9,11,18H,1-2H3. The van der Waals surface area contributed by atoms with Crippen molar-refractivity contribution in [2.45, 2.75) is 19.9 Å². The van der Waals surface area contributed by atoms with Crippen molar-refractivity contribution in [2.24, 2.45) is 0 Å². The largest absolute Gasteiger partial charge is 0.378 e. The summed E-state index contributed by atoms with van der Waals surface area (Å²) < 4.78 is 14.1. The normalized spacial score (nSPS) is 12.2. The summed E-state index contributed by atoms with van der Waals surface area (Å²) in [4.78, 5) is 0. The van der Waals surface area contributed by atoms with Crippen LogP contribution in [0.15, 0.2) is 42.5 Å². The van der Waals surface area contributed by atoms with Gasteiger partial charge >= 0.3 is 0 Å². The van der Waals surface area contributed by atoms with Crippen LogP contribution in [0.1, 0.15) is 24.1 Å². The molecular formula is C15H15FIN. The SMILES string of the molecule is Cc1cc(I)ccc1NC(C)c1ccc(F)cc1. The summed E-state index contributed by atoms with van der Waals surface area (Å²) in [5.41, 5.74) is 3.41. The Kier molecular flexibility index (Phi) is 4.22. The molecular weight excluding hydrogens is 340 g/mol. The third-order valence-corrected chi connectivity index (χ3v) is 3.60. The molecule has 0 radical (unpaired) electrons. The fourth-order valence-electron chi connectivity index (χ4n) is 1.86. The highest BCUT2D eigenvalue weighted by molar-refractivity contribution is 14.1. The van der Waals surface area contributed by atoms with Gasteiger partial charge < -0.3 is 5.32 Å². The van der Waals surface area contributed by atoms with Crippen LogP contribution in [0.3, 0.4) is 0 Å². The van der Waals surface area contributed by atoms with Gasteiger partial charge in [-0.3, -0.25) is 0 Å². The molecule has 0 amide bonds. The molecule has 1 N–H and O–H groups in total. The summed E-state index contributed by atoms with van der Waals surface area (Å²) >= 11 is 2.30. The Bertz CT molecular complexity index is 537. The first-order valence-corrected chi connectivity index (χ1v) is 6.92. The predicted molar refractivity (Wildman–Crippen MR) is 82.3 cm³/mol. The lowest BCUT2D eigenvalue weighted by molar-refractivity contribution is 0.626. The lowest BCUT2D eigenvalue weighted by Crippen LogP contribution is -2.07. The van der Waals surface area contributed by atoms with Gasteiger partial charge in [0.2, 0.25) is 0 Å². The maximum atomic E-state index is 12.9. The van der Waals surface area contributed by atoms with Crippen LogP contribution in [0.5, 0.6) is 0 Å². The number of rotatable bonds is 3. The summed E-state index contributed by atoms with van der Waals surface area (Å²) in [6, 6.07) is 13.1. The van der Waals surface area contributed by atoms with E-state index in [0.29, 0.717) is 0 Å². The van der Waals surface area contributed by atoms with Crippen LogP contribution in [0, 0.1) is 16.3 Å². The number of hydrogen-bond acceptors (Lipinski definition) is 1. The van der Waals surface area contributed by atoms with Crippen molar-refractivity contribution in [2.75, 3.05) is 5.32 Å². The van der Waals surface area contributed by atoms with Crippen molar-refractivity contribution in [1.82, 2.24) is 0 Å². The van der Waals surface area contributed by atoms with Crippen molar-refractivity contribution < 1.29 is 4.39 Å². The highest BCUT2D eigenvalue weighted by Gasteiger charge is 2.07. The minimum atomic E-state index is -0.198. The molecule has 1 nitrogen and oxygen atoms in total. The van der Waals surface area contributed by atoms with Gasteiger partial charge in [0.25, 0.3) is 0 Å². The Hall–Kier alpha value is -1.10. The van der Waals surface area contributed by atoms with Crippen molar-refractivity contribution in [1.29, 1.82) is 0 Å². The van der Waals surface area contributed by atoms with Gasteiger partial charge in [0.15, 0.2) is 0 Å². The van der Waals surface area contributed by atoms with Crippen LogP contribution in [0.4, 0.5) is 10.1 Å². The van der Waals surface area contributed by atoms with Crippen molar-refractivity contribution in [3.63, 3.8) is 0 Å². The van der Waals surface area contributed by atoms with Gasteiger partial charge in [-0.1, -0.05) is 12.1 Å². The highest BCUT2D eigenvalue weighted by Crippen LogP contribution is 2.23. The summed E-state index contributed by atoms with van der Waals surface area (Å²) in [6.07, 6.45) is 0. The molecule has 2 aromatic rings. The number of aryl methyl sites for hydroxylation is 1. The zero-order valence-corrected chi connectivity index (χ0v) is 12.5. The molecule has 0 heterocycles. The molecule has 0 aliphatic carbocycles. The first-order valence-electron chi connectivity index (χ1n) is 5.84. The Morgan fingerprint density at radius 2 is 1.78 bits per heavy atom. The highest BCUT2D eigenvalue weighted by atomic mass is 127. The maximum Gasteiger partial charge on any atom is 0.123 e. The van der Waals surface area contributed by atoms with Crippen LogP contribution in [-0.4, -0.2) is 0 Å². The summed E-state index contributed by atoms with van der Waals surface area (Å²) in [6.45, 7) is 4.16. The van der Waals surface area contributed by atoms with Crippen molar-refractivity contribution in [3.8, 4) is 0 Å². The van der Waals surface area contributed by atoms with E-state index in [-0.39, 0.29) is 11.9 Å². The predicted octanol–water partition coefficient (Wildman–Crippen LogP) is 4.91. The van der Waals surface area contributed by atoms with E-state index >= 15 is 0 Å². The van der Waals surface area contributed by atoms with Gasteiger partial charge in [-0.25, -0.2) is 4.39 Å². The molecule has 0 saturated carbocycles. The van der Waals surface area contributed by atoms with Crippen LogP contribution < -0.4 is 5.32 Å². The van der Waals surface area contributed by atoms with E-state index in [1.807, 2.05) is 12.1 Å². The molecule has 2 rings (SSSR count). The van der Waals surface area contributed by atoms with Gasteiger partial charge in [0, 0.05) is 15.3 Å². The first kappa shape index (κ1) is 13.3. The lowest BCUT2D eigenvalue weighted by Gasteiger charge is -2.17. The second-order valence-electron chi connectivity index (χ2n) is 4.38. The number of nitrogens with one attached hydrogen (secondary N) is 1. The number of anilines is 1. The van der Waals surface area contributed by atoms with Gasteiger partial charge in [0.05, 0.1) is 0 Å². The average molecular weight is 355 g/mol. The summed E-state index contributed by atoms with van der Waals surface area (Å²) in [7, 11) is 0. The Morgan fingerprint density at radius 3 is 2.39 bits per heavy atom. The number of hydrogen-bond donors (Lipinski definition) is 1. The fraction of sp³-hybridized carbons (Fsp3) is 0.200. The molecule has 0 spiro atoms. The topological polar surface area (TPSA) is 12.0 Å². The second-order valence-corrected chi connectivity index (χ2v) is 5.62. The Morgan fingerprint density at radius 1 is 1.11 bits per heavy atom. The Labute approximate surface area is 121 Å². The van der Waals surface area contributed by atoms with Crippen molar-refractivity contribution >= 4 is 28.3 Å². The van der Waals surface area contributed by atoms with Gasteiger partial charge in [0.1, 0.15) is 5.82 Å². The first-order chi connectivity index (χ1) is 8.56. The molecule has 18 heavy (non-hydrogen) atoms.